The van der Waals surface area contributed by atoms with Crippen molar-refractivity contribution in [2.45, 2.75) is 45.7 Å². The van der Waals surface area contributed by atoms with E-state index in [-0.39, 0.29) is 30.7 Å². The third-order valence-electron chi connectivity index (χ3n) is 6.49. The van der Waals surface area contributed by atoms with E-state index in [1.54, 1.807) is 34.9 Å². The fourth-order valence-electron chi connectivity index (χ4n) is 4.55. The molecule has 0 aromatic heterocycles. The second-order valence-corrected chi connectivity index (χ2v) is 9.81. The van der Waals surface area contributed by atoms with E-state index in [9.17, 15) is 14.4 Å². The average molecular weight is 526 g/mol. The number of hydrogen-bond acceptors (Lipinski definition) is 3. The number of benzene rings is 3. The predicted molar refractivity (Wildman–Crippen MR) is 145 cm³/mol. The topological polar surface area (TPSA) is 69.7 Å². The molecule has 0 saturated heterocycles. The third kappa shape index (κ3) is 5.35. The van der Waals surface area contributed by atoms with Gasteiger partial charge >= 0.3 is 0 Å². The Kier molecular flexibility index (Phi) is 8.17. The summed E-state index contributed by atoms with van der Waals surface area (Å²) >= 11 is 12.4. The summed E-state index contributed by atoms with van der Waals surface area (Å²) in [5.74, 6) is -0.443. The lowest BCUT2D eigenvalue weighted by Gasteiger charge is -2.29. The highest BCUT2D eigenvalue weighted by molar-refractivity contribution is 6.35. The highest BCUT2D eigenvalue weighted by Crippen LogP contribution is 2.37. The molecular formula is C28H29Cl2N3O3. The molecule has 36 heavy (non-hydrogen) atoms. The molecule has 188 valence electrons. The lowest BCUT2D eigenvalue weighted by molar-refractivity contribution is -0.140. The molecule has 0 saturated carbocycles. The molecule has 0 spiro atoms. The van der Waals surface area contributed by atoms with Crippen LogP contribution in [0.3, 0.4) is 0 Å². The Morgan fingerprint density at radius 2 is 1.83 bits per heavy atom. The van der Waals surface area contributed by atoms with E-state index in [1.165, 1.54) is 0 Å². The first-order chi connectivity index (χ1) is 17.3. The number of carbonyl (C=O) groups is 3. The van der Waals surface area contributed by atoms with Crippen molar-refractivity contribution < 1.29 is 14.4 Å². The Hall–Kier alpha value is -3.09. The van der Waals surface area contributed by atoms with Crippen molar-refractivity contribution in [1.82, 2.24) is 10.2 Å². The molecular weight excluding hydrogens is 497 g/mol. The third-order valence-corrected chi connectivity index (χ3v) is 7.08. The second kappa shape index (κ2) is 11.3. The van der Waals surface area contributed by atoms with Crippen molar-refractivity contribution in [3.05, 3.63) is 75.8 Å². The minimum Gasteiger partial charge on any atom is -0.354 e. The molecule has 1 atom stereocenters. The van der Waals surface area contributed by atoms with Crippen LogP contribution in [0, 0.1) is 0 Å². The summed E-state index contributed by atoms with van der Waals surface area (Å²) in [5, 5.41) is 5.78. The van der Waals surface area contributed by atoms with E-state index in [1.807, 2.05) is 43.3 Å². The molecule has 8 heteroatoms. The summed E-state index contributed by atoms with van der Waals surface area (Å²) < 4.78 is 0. The SMILES string of the molecule is CCCNC(=O)C(C)N(Cc1ccc(Cl)cc1Cl)C(=O)CCCN1C(=O)c2cccc3cccc1c23. The first-order valence-corrected chi connectivity index (χ1v) is 12.9. The van der Waals surface area contributed by atoms with E-state index >= 15 is 0 Å². The molecule has 1 aliphatic heterocycles. The van der Waals surface area contributed by atoms with Crippen molar-refractivity contribution in [1.29, 1.82) is 0 Å². The van der Waals surface area contributed by atoms with Crippen LogP contribution in [0.15, 0.2) is 54.6 Å². The number of nitrogens with zero attached hydrogens (tertiary/aromatic N) is 2. The molecule has 0 aliphatic carbocycles. The van der Waals surface area contributed by atoms with Gasteiger partial charge in [-0.1, -0.05) is 60.5 Å². The van der Waals surface area contributed by atoms with E-state index in [2.05, 4.69) is 5.32 Å². The van der Waals surface area contributed by atoms with Gasteiger partial charge in [-0.25, -0.2) is 0 Å². The van der Waals surface area contributed by atoms with Gasteiger partial charge in [0.1, 0.15) is 6.04 Å². The van der Waals surface area contributed by atoms with Gasteiger partial charge in [0, 0.05) is 47.1 Å². The number of halogens is 2. The molecule has 0 bridgehead atoms. The normalized spacial score (nSPS) is 13.2. The molecule has 1 N–H and O–H groups in total. The minimum atomic E-state index is -0.679. The summed E-state index contributed by atoms with van der Waals surface area (Å²) in [4.78, 5) is 42.4. The zero-order valence-corrected chi connectivity index (χ0v) is 21.9. The van der Waals surface area contributed by atoms with Crippen molar-refractivity contribution in [2.24, 2.45) is 0 Å². The van der Waals surface area contributed by atoms with Gasteiger partial charge < -0.3 is 15.1 Å². The number of hydrogen-bond donors (Lipinski definition) is 1. The summed E-state index contributed by atoms with van der Waals surface area (Å²) in [6, 6.07) is 16.0. The van der Waals surface area contributed by atoms with Gasteiger partial charge in [0.15, 0.2) is 0 Å². The molecule has 4 rings (SSSR count). The Balaban J connectivity index is 1.47. The number of amides is 3. The quantitative estimate of drug-likeness (QED) is 0.362. The maximum Gasteiger partial charge on any atom is 0.258 e. The van der Waals surface area contributed by atoms with Crippen molar-refractivity contribution in [3.8, 4) is 0 Å². The van der Waals surface area contributed by atoms with Crippen LogP contribution in [-0.4, -0.2) is 41.8 Å². The van der Waals surface area contributed by atoms with Crippen molar-refractivity contribution in [2.75, 3.05) is 18.0 Å². The van der Waals surface area contributed by atoms with Crippen LogP contribution in [-0.2, 0) is 16.1 Å². The van der Waals surface area contributed by atoms with E-state index in [0.29, 0.717) is 40.7 Å². The fraction of sp³-hybridized carbons (Fsp3) is 0.321. The van der Waals surface area contributed by atoms with Gasteiger partial charge in [0.05, 0.1) is 5.69 Å². The molecule has 1 unspecified atom stereocenters. The Bertz CT molecular complexity index is 1310. The zero-order chi connectivity index (χ0) is 25.8. The van der Waals surface area contributed by atoms with E-state index in [0.717, 1.165) is 22.9 Å². The van der Waals surface area contributed by atoms with Gasteiger partial charge in [-0.15, -0.1) is 0 Å². The molecule has 0 radical (unpaired) electrons. The Morgan fingerprint density at radius 3 is 2.56 bits per heavy atom. The van der Waals surface area contributed by atoms with Crippen molar-refractivity contribution in [3.63, 3.8) is 0 Å². The maximum absolute atomic E-state index is 13.4. The van der Waals surface area contributed by atoms with Crippen LogP contribution >= 0.6 is 23.2 Å². The van der Waals surface area contributed by atoms with Crippen LogP contribution < -0.4 is 10.2 Å². The van der Waals surface area contributed by atoms with Crippen LogP contribution in [0.2, 0.25) is 10.0 Å². The minimum absolute atomic E-state index is 0.0497. The Labute approximate surface area is 221 Å². The molecule has 1 aliphatic rings. The van der Waals surface area contributed by atoms with Crippen LogP contribution in [0.1, 0.15) is 49.0 Å². The van der Waals surface area contributed by atoms with Gasteiger partial charge in [-0.3, -0.25) is 14.4 Å². The Morgan fingerprint density at radius 1 is 1.08 bits per heavy atom. The summed E-state index contributed by atoms with van der Waals surface area (Å²) in [5.41, 5.74) is 2.27. The molecule has 3 aromatic carbocycles. The monoisotopic (exact) mass is 525 g/mol. The van der Waals surface area contributed by atoms with Crippen LogP contribution in [0.25, 0.3) is 10.8 Å². The number of nitrogens with one attached hydrogen (secondary N) is 1. The van der Waals surface area contributed by atoms with Gasteiger partial charge in [-0.2, -0.15) is 0 Å². The summed E-state index contributed by atoms with van der Waals surface area (Å²) in [7, 11) is 0. The smallest absolute Gasteiger partial charge is 0.258 e. The fourth-order valence-corrected chi connectivity index (χ4v) is 5.01. The van der Waals surface area contributed by atoms with Crippen LogP contribution in [0.5, 0.6) is 0 Å². The van der Waals surface area contributed by atoms with Crippen LogP contribution in [0.4, 0.5) is 5.69 Å². The zero-order valence-electron chi connectivity index (χ0n) is 20.4. The number of rotatable bonds is 10. The standard InChI is InChI=1S/C28H29Cl2N3O3/c1-3-14-31-27(35)18(2)33(17-20-12-13-21(29)16-23(20)30)25(34)11-6-15-32-24-10-5-8-19-7-4-9-22(26(19)24)28(32)36/h4-5,7-10,12-13,16,18H,3,6,11,14-15,17H2,1-2H3,(H,31,35). The maximum atomic E-state index is 13.4. The highest BCUT2D eigenvalue weighted by atomic mass is 35.5. The summed E-state index contributed by atoms with van der Waals surface area (Å²) in [6.45, 7) is 4.82. The lowest BCUT2D eigenvalue weighted by Crippen LogP contribution is -2.47. The first-order valence-electron chi connectivity index (χ1n) is 12.2. The average Bonchev–Trinajstić information content (AvgIpc) is 3.14. The molecule has 0 fully saturated rings. The molecule has 3 aromatic rings. The number of carbonyl (C=O) groups excluding carboxylic acids is 3. The van der Waals surface area contributed by atoms with E-state index in [4.69, 9.17) is 23.2 Å². The predicted octanol–water partition coefficient (Wildman–Crippen LogP) is 5.83. The van der Waals surface area contributed by atoms with Gasteiger partial charge in [0.25, 0.3) is 5.91 Å². The lowest BCUT2D eigenvalue weighted by atomic mass is 10.1. The van der Waals surface area contributed by atoms with Crippen molar-refractivity contribution >= 4 is 57.4 Å². The molecule has 3 amide bonds. The highest BCUT2D eigenvalue weighted by Gasteiger charge is 2.30. The number of anilines is 1. The molecule has 1 heterocycles. The molecule has 6 nitrogen and oxygen atoms in total. The van der Waals surface area contributed by atoms with Gasteiger partial charge in [-0.05, 0) is 55.0 Å². The van der Waals surface area contributed by atoms with Gasteiger partial charge in [0.2, 0.25) is 11.8 Å². The van der Waals surface area contributed by atoms with E-state index < -0.39 is 6.04 Å². The first kappa shape index (κ1) is 26.0. The largest absolute Gasteiger partial charge is 0.354 e. The second-order valence-electron chi connectivity index (χ2n) is 8.97. The summed E-state index contributed by atoms with van der Waals surface area (Å²) in [6.07, 6.45) is 1.45.